The summed E-state index contributed by atoms with van der Waals surface area (Å²) in [4.78, 5) is 30.6. The van der Waals surface area contributed by atoms with Crippen molar-refractivity contribution in [3.63, 3.8) is 0 Å². The van der Waals surface area contributed by atoms with Gasteiger partial charge in [-0.2, -0.15) is 39.5 Å². The van der Waals surface area contributed by atoms with E-state index in [1.54, 1.807) is 0 Å². The molecule has 43 heavy (non-hydrogen) atoms. The Morgan fingerprint density at radius 3 is 2.02 bits per heavy atom. The molecule has 0 aliphatic carbocycles. The standard InChI is InChI=1S/C26H24F9N3O5/c1-13-21(14-6-16(24(27,28)29)9-17(7-14)25(30,31)32)43-23(41)37(13)11-15-8-18(26(33,34)35)10-36-22(15)38(12-20(39)40)19-2-4-42-5-3-19/h6-10,13,19,21H,2-5,11-12H2,1H3,(H,39,40)/t13-,21-/m0/s1. The van der Waals surface area contributed by atoms with Gasteiger partial charge in [0.1, 0.15) is 18.5 Å². The predicted octanol–water partition coefficient (Wildman–Crippen LogP) is 6.29. The number of carboxylic acid groups (broad SMARTS) is 1. The van der Waals surface area contributed by atoms with Crippen molar-refractivity contribution in [1.29, 1.82) is 0 Å². The number of rotatable bonds is 7. The molecule has 3 heterocycles. The minimum absolute atomic E-state index is 0.0867. The highest BCUT2D eigenvalue weighted by Crippen LogP contribution is 2.42. The highest BCUT2D eigenvalue weighted by Gasteiger charge is 2.44. The Hall–Kier alpha value is -3.76. The highest BCUT2D eigenvalue weighted by molar-refractivity contribution is 5.75. The maximum absolute atomic E-state index is 13.6. The Bertz CT molecular complexity index is 1320. The van der Waals surface area contributed by atoms with Gasteiger partial charge in [0.15, 0.2) is 0 Å². The van der Waals surface area contributed by atoms with Crippen LogP contribution >= 0.6 is 0 Å². The van der Waals surface area contributed by atoms with Crippen LogP contribution in [-0.2, 0) is 39.3 Å². The fourth-order valence-corrected chi connectivity index (χ4v) is 5.04. The SMILES string of the molecule is C[C@H]1[C@@H](c2cc(C(F)(F)F)cc(C(F)(F)F)c2)OC(=O)N1Cc1cc(C(F)(F)F)cnc1N(CC(=O)O)C1CCOCC1. The fraction of sp³-hybridized carbons (Fsp3) is 0.500. The third-order valence-corrected chi connectivity index (χ3v) is 7.15. The first-order chi connectivity index (χ1) is 19.9. The lowest BCUT2D eigenvalue weighted by Crippen LogP contribution is -2.44. The molecular formula is C26H24F9N3O5. The summed E-state index contributed by atoms with van der Waals surface area (Å²) in [5.41, 5.74) is -5.37. The van der Waals surface area contributed by atoms with Crippen molar-refractivity contribution < 1.29 is 63.7 Å². The second-order valence-corrected chi connectivity index (χ2v) is 10.1. The molecule has 2 aromatic rings. The Kier molecular flexibility index (Phi) is 8.77. The number of alkyl halides is 9. The number of cyclic esters (lactones) is 1. The van der Waals surface area contributed by atoms with Crippen LogP contribution in [0.5, 0.6) is 0 Å². The average molecular weight is 629 g/mol. The van der Waals surface area contributed by atoms with Gasteiger partial charge < -0.3 is 19.5 Å². The summed E-state index contributed by atoms with van der Waals surface area (Å²) in [5.74, 6) is -1.51. The number of anilines is 1. The van der Waals surface area contributed by atoms with Crippen molar-refractivity contribution in [2.45, 2.75) is 63.0 Å². The van der Waals surface area contributed by atoms with Crippen LogP contribution in [0.15, 0.2) is 30.5 Å². The number of aromatic nitrogens is 1. The molecule has 2 atom stereocenters. The number of ether oxygens (including phenoxy) is 2. The van der Waals surface area contributed by atoms with E-state index in [1.807, 2.05) is 0 Å². The van der Waals surface area contributed by atoms with Crippen LogP contribution in [0.25, 0.3) is 0 Å². The summed E-state index contributed by atoms with van der Waals surface area (Å²) in [6.45, 7) is 0.392. The van der Waals surface area contributed by atoms with Crippen molar-refractivity contribution in [2.24, 2.45) is 0 Å². The Morgan fingerprint density at radius 2 is 1.51 bits per heavy atom. The maximum Gasteiger partial charge on any atom is 0.417 e. The molecule has 2 aliphatic heterocycles. The van der Waals surface area contributed by atoms with Crippen molar-refractivity contribution in [1.82, 2.24) is 9.88 Å². The van der Waals surface area contributed by atoms with Crippen LogP contribution in [-0.4, -0.2) is 58.9 Å². The van der Waals surface area contributed by atoms with Crippen LogP contribution in [0.4, 0.5) is 50.1 Å². The Labute approximate surface area is 238 Å². The number of amides is 1. The molecule has 0 spiro atoms. The lowest BCUT2D eigenvalue weighted by atomic mass is 9.97. The van der Waals surface area contributed by atoms with Gasteiger partial charge >= 0.3 is 30.6 Å². The summed E-state index contributed by atoms with van der Waals surface area (Å²) in [6.07, 6.45) is -17.0. The first-order valence-electron chi connectivity index (χ1n) is 12.7. The van der Waals surface area contributed by atoms with E-state index < -0.39 is 84.1 Å². The lowest BCUT2D eigenvalue weighted by molar-refractivity contribution is -0.143. The molecule has 1 aromatic heterocycles. The van der Waals surface area contributed by atoms with E-state index in [0.717, 1.165) is 4.90 Å². The zero-order valence-corrected chi connectivity index (χ0v) is 22.2. The topological polar surface area (TPSA) is 92.2 Å². The number of carbonyl (C=O) groups is 2. The van der Waals surface area contributed by atoms with E-state index in [4.69, 9.17) is 9.47 Å². The second-order valence-electron chi connectivity index (χ2n) is 10.1. The van der Waals surface area contributed by atoms with E-state index in [0.29, 0.717) is 37.2 Å². The lowest BCUT2D eigenvalue weighted by Gasteiger charge is -2.36. The summed E-state index contributed by atoms with van der Waals surface area (Å²) in [7, 11) is 0. The van der Waals surface area contributed by atoms with Gasteiger partial charge in [0, 0.05) is 31.0 Å². The predicted molar refractivity (Wildman–Crippen MR) is 129 cm³/mol. The maximum atomic E-state index is 13.6. The molecule has 1 N–H and O–H groups in total. The molecule has 8 nitrogen and oxygen atoms in total. The number of pyridine rings is 1. The molecule has 0 radical (unpaired) electrons. The fourth-order valence-electron chi connectivity index (χ4n) is 5.04. The van der Waals surface area contributed by atoms with Gasteiger partial charge in [-0.15, -0.1) is 0 Å². The van der Waals surface area contributed by atoms with E-state index in [-0.39, 0.29) is 30.7 Å². The molecule has 1 aromatic carbocycles. The summed E-state index contributed by atoms with van der Waals surface area (Å²) >= 11 is 0. The van der Waals surface area contributed by atoms with Gasteiger partial charge in [-0.3, -0.25) is 9.69 Å². The van der Waals surface area contributed by atoms with Crippen molar-refractivity contribution in [2.75, 3.05) is 24.7 Å². The monoisotopic (exact) mass is 629 g/mol. The zero-order chi connectivity index (χ0) is 31.9. The Balaban J connectivity index is 1.74. The minimum atomic E-state index is -5.17. The molecule has 0 saturated carbocycles. The van der Waals surface area contributed by atoms with Crippen molar-refractivity contribution >= 4 is 17.9 Å². The summed E-state index contributed by atoms with van der Waals surface area (Å²) in [6, 6.07) is -0.370. The smallest absolute Gasteiger partial charge is 0.417 e. The molecule has 236 valence electrons. The normalized spacial score (nSPS) is 20.3. The molecular weight excluding hydrogens is 605 g/mol. The van der Waals surface area contributed by atoms with Crippen molar-refractivity contribution in [3.05, 3.63) is 58.3 Å². The zero-order valence-electron chi connectivity index (χ0n) is 22.2. The number of halogens is 9. The number of aliphatic carboxylic acids is 1. The third kappa shape index (κ3) is 7.25. The third-order valence-electron chi connectivity index (χ3n) is 7.15. The molecule has 2 fully saturated rings. The van der Waals surface area contributed by atoms with Crippen LogP contribution in [0.3, 0.4) is 0 Å². The second kappa shape index (κ2) is 11.7. The van der Waals surface area contributed by atoms with Crippen LogP contribution in [0, 0.1) is 0 Å². The van der Waals surface area contributed by atoms with Gasteiger partial charge in [0.25, 0.3) is 0 Å². The van der Waals surface area contributed by atoms with Gasteiger partial charge in [-0.25, -0.2) is 9.78 Å². The van der Waals surface area contributed by atoms with Gasteiger partial charge in [-0.05, 0) is 49.6 Å². The van der Waals surface area contributed by atoms with E-state index in [1.165, 1.54) is 11.8 Å². The molecule has 17 heteroatoms. The molecule has 1 amide bonds. The number of carboxylic acids is 1. The molecule has 0 unspecified atom stereocenters. The molecule has 4 rings (SSSR count). The van der Waals surface area contributed by atoms with Gasteiger partial charge in [0.2, 0.25) is 0 Å². The molecule has 0 bridgehead atoms. The molecule has 2 saturated heterocycles. The van der Waals surface area contributed by atoms with E-state index in [2.05, 4.69) is 4.98 Å². The summed E-state index contributed by atoms with van der Waals surface area (Å²) in [5, 5.41) is 9.51. The van der Waals surface area contributed by atoms with E-state index in [9.17, 15) is 54.2 Å². The average Bonchev–Trinajstić information content (AvgIpc) is 3.19. The number of carbonyl (C=O) groups excluding carboxylic acids is 1. The number of hydrogen-bond donors (Lipinski definition) is 1. The van der Waals surface area contributed by atoms with Crippen LogP contribution in [0.1, 0.15) is 53.7 Å². The quantitative estimate of drug-likeness (QED) is 0.360. The molecule has 2 aliphatic rings. The first kappa shape index (κ1) is 32.2. The van der Waals surface area contributed by atoms with Crippen LogP contribution in [0.2, 0.25) is 0 Å². The minimum Gasteiger partial charge on any atom is -0.480 e. The Morgan fingerprint density at radius 1 is 0.953 bits per heavy atom. The number of benzene rings is 1. The first-order valence-corrected chi connectivity index (χ1v) is 12.7. The highest BCUT2D eigenvalue weighted by atomic mass is 19.4. The van der Waals surface area contributed by atoms with Crippen LogP contribution < -0.4 is 4.90 Å². The van der Waals surface area contributed by atoms with E-state index >= 15 is 0 Å². The number of nitrogens with zero attached hydrogens (tertiary/aromatic N) is 3. The number of hydrogen-bond acceptors (Lipinski definition) is 6. The largest absolute Gasteiger partial charge is 0.480 e. The van der Waals surface area contributed by atoms with Gasteiger partial charge in [0.05, 0.1) is 29.3 Å². The van der Waals surface area contributed by atoms with Crippen molar-refractivity contribution in [3.8, 4) is 0 Å². The summed E-state index contributed by atoms with van der Waals surface area (Å²) < 4.78 is 132. The van der Waals surface area contributed by atoms with Gasteiger partial charge in [-0.1, -0.05) is 0 Å².